The zero-order valence-corrected chi connectivity index (χ0v) is 14.5. The van der Waals surface area contributed by atoms with E-state index >= 15 is 0 Å². The van der Waals surface area contributed by atoms with Crippen LogP contribution < -0.4 is 5.32 Å². The number of benzene rings is 1. The Hall–Kier alpha value is -1.73. The van der Waals surface area contributed by atoms with Crippen molar-refractivity contribution in [3.05, 3.63) is 45.9 Å². The molecule has 0 saturated heterocycles. The third-order valence-electron chi connectivity index (χ3n) is 3.10. The maximum absolute atomic E-state index is 12.1. The first-order valence-electron chi connectivity index (χ1n) is 6.78. The lowest BCUT2D eigenvalue weighted by Gasteiger charge is -2.18. The van der Waals surface area contributed by atoms with Gasteiger partial charge >= 0.3 is 6.03 Å². The second kappa shape index (κ2) is 7.51. The maximum Gasteiger partial charge on any atom is 0.317 e. The van der Waals surface area contributed by atoms with Gasteiger partial charge in [0.1, 0.15) is 0 Å². The minimum atomic E-state index is -0.979. The summed E-state index contributed by atoms with van der Waals surface area (Å²) >= 11 is 1.58. The molecule has 5 nitrogen and oxygen atoms in total. The lowest BCUT2D eigenvalue weighted by Crippen LogP contribution is -2.36. The van der Waals surface area contributed by atoms with Crippen LogP contribution in [0.4, 0.5) is 4.79 Å². The molecule has 1 N–H and O–H groups in total. The van der Waals surface area contributed by atoms with Gasteiger partial charge in [-0.05, 0) is 24.6 Å². The van der Waals surface area contributed by atoms with Crippen molar-refractivity contribution < 1.29 is 9.00 Å². The summed E-state index contributed by atoms with van der Waals surface area (Å²) in [5.41, 5.74) is 1.00. The Labute approximate surface area is 136 Å². The second-order valence-electron chi connectivity index (χ2n) is 4.96. The summed E-state index contributed by atoms with van der Waals surface area (Å²) in [6, 6.07) is 7.32. The lowest BCUT2D eigenvalue weighted by molar-refractivity contribution is 0.206. The number of hydrogen-bond acceptors (Lipinski definition) is 4. The molecule has 1 atom stereocenters. The van der Waals surface area contributed by atoms with Crippen LogP contribution in [0.1, 0.15) is 15.4 Å². The zero-order chi connectivity index (χ0) is 16.1. The fourth-order valence-electron chi connectivity index (χ4n) is 1.92. The summed E-state index contributed by atoms with van der Waals surface area (Å²) in [5, 5.41) is 3.86. The van der Waals surface area contributed by atoms with Gasteiger partial charge in [0.2, 0.25) is 0 Å². The van der Waals surface area contributed by atoms with E-state index in [0.717, 1.165) is 20.3 Å². The van der Waals surface area contributed by atoms with E-state index in [1.165, 1.54) is 0 Å². The van der Waals surface area contributed by atoms with Crippen molar-refractivity contribution in [2.45, 2.75) is 24.9 Å². The highest BCUT2D eigenvalue weighted by molar-refractivity contribution is 7.84. The number of nitrogens with zero attached hydrogens (tertiary/aromatic N) is 2. The molecule has 1 aromatic carbocycles. The molecule has 0 aliphatic rings. The van der Waals surface area contributed by atoms with Gasteiger partial charge in [0.05, 0.1) is 11.6 Å². The van der Waals surface area contributed by atoms with Crippen LogP contribution in [0.2, 0.25) is 0 Å². The van der Waals surface area contributed by atoms with E-state index in [1.54, 1.807) is 35.7 Å². The number of urea groups is 1. The van der Waals surface area contributed by atoms with Crippen LogP contribution in [0.25, 0.3) is 0 Å². The van der Waals surface area contributed by atoms with Crippen molar-refractivity contribution in [3.8, 4) is 0 Å². The van der Waals surface area contributed by atoms with Crippen LogP contribution >= 0.6 is 11.3 Å². The lowest BCUT2D eigenvalue weighted by atomic mass is 10.2. The van der Waals surface area contributed by atoms with Crippen LogP contribution in [0, 0.1) is 6.92 Å². The van der Waals surface area contributed by atoms with Crippen molar-refractivity contribution >= 4 is 28.2 Å². The molecule has 118 valence electrons. The Morgan fingerprint density at radius 3 is 2.59 bits per heavy atom. The molecule has 1 heterocycles. The SMILES string of the molecule is Cc1ncc(CNC(=O)N(C)Cc2ccc([S@@](C)=O)cc2)s1. The highest BCUT2D eigenvalue weighted by Gasteiger charge is 2.09. The minimum Gasteiger partial charge on any atom is -0.333 e. The highest BCUT2D eigenvalue weighted by Crippen LogP contribution is 2.12. The third kappa shape index (κ3) is 4.64. The van der Waals surface area contributed by atoms with Crippen LogP contribution in [-0.4, -0.2) is 33.4 Å². The van der Waals surface area contributed by atoms with E-state index in [0.29, 0.717) is 13.1 Å². The first-order valence-corrected chi connectivity index (χ1v) is 9.16. The number of hydrogen-bond donors (Lipinski definition) is 1. The molecule has 0 aliphatic carbocycles. The van der Waals surface area contributed by atoms with E-state index in [-0.39, 0.29) is 6.03 Å². The maximum atomic E-state index is 12.1. The molecule has 2 aromatic rings. The number of aryl methyl sites for hydroxylation is 1. The monoisotopic (exact) mass is 337 g/mol. The molecule has 0 saturated carbocycles. The summed E-state index contributed by atoms with van der Waals surface area (Å²) in [6.07, 6.45) is 3.43. The van der Waals surface area contributed by atoms with E-state index in [2.05, 4.69) is 10.3 Å². The first-order chi connectivity index (χ1) is 10.5. The van der Waals surface area contributed by atoms with Gasteiger partial charge in [-0.2, -0.15) is 0 Å². The van der Waals surface area contributed by atoms with Crippen LogP contribution in [-0.2, 0) is 23.9 Å². The van der Waals surface area contributed by atoms with Gasteiger partial charge in [-0.25, -0.2) is 9.78 Å². The topological polar surface area (TPSA) is 62.3 Å². The average Bonchev–Trinajstić information content (AvgIpc) is 2.91. The molecule has 0 radical (unpaired) electrons. The van der Waals surface area contributed by atoms with Gasteiger partial charge in [0, 0.05) is 46.6 Å². The Kier molecular flexibility index (Phi) is 5.68. The van der Waals surface area contributed by atoms with Crippen molar-refractivity contribution in [2.75, 3.05) is 13.3 Å². The average molecular weight is 337 g/mol. The molecule has 7 heteroatoms. The van der Waals surface area contributed by atoms with Gasteiger partial charge in [0.25, 0.3) is 0 Å². The molecule has 0 spiro atoms. The van der Waals surface area contributed by atoms with Crippen LogP contribution in [0.5, 0.6) is 0 Å². The molecule has 22 heavy (non-hydrogen) atoms. The highest BCUT2D eigenvalue weighted by atomic mass is 32.2. The summed E-state index contributed by atoms with van der Waals surface area (Å²) in [7, 11) is 0.771. The Morgan fingerprint density at radius 2 is 2.05 bits per heavy atom. The number of carbonyl (C=O) groups is 1. The van der Waals surface area contributed by atoms with Gasteiger partial charge in [0.15, 0.2) is 0 Å². The molecule has 1 aromatic heterocycles. The normalized spacial score (nSPS) is 12.0. The molecule has 2 amide bonds. The largest absolute Gasteiger partial charge is 0.333 e. The molecule has 0 fully saturated rings. The molecule has 0 unspecified atom stereocenters. The Balaban J connectivity index is 1.86. The number of nitrogens with one attached hydrogen (secondary N) is 1. The number of carbonyl (C=O) groups excluding carboxylic acids is 1. The van der Waals surface area contributed by atoms with Crippen LogP contribution in [0.3, 0.4) is 0 Å². The number of amides is 2. The summed E-state index contributed by atoms with van der Waals surface area (Å²) in [6.45, 7) is 2.93. The summed E-state index contributed by atoms with van der Waals surface area (Å²) in [4.78, 5) is 19.7. The van der Waals surface area contributed by atoms with E-state index in [1.807, 2.05) is 31.2 Å². The zero-order valence-electron chi connectivity index (χ0n) is 12.8. The van der Waals surface area contributed by atoms with Crippen molar-refractivity contribution in [2.24, 2.45) is 0 Å². The summed E-state index contributed by atoms with van der Waals surface area (Å²) in [5.74, 6) is 0. The van der Waals surface area contributed by atoms with E-state index < -0.39 is 10.8 Å². The molecule has 0 bridgehead atoms. The molecular formula is C15H19N3O2S2. The standard InChI is InChI=1S/C15H19N3O2S2/c1-11-16-8-13(21-11)9-17-15(19)18(2)10-12-4-6-14(7-5-12)22(3)20/h4-8H,9-10H2,1-3H3,(H,17,19)/t22-/m1/s1. The smallest absolute Gasteiger partial charge is 0.317 e. The van der Waals surface area contributed by atoms with E-state index in [9.17, 15) is 9.00 Å². The summed E-state index contributed by atoms with van der Waals surface area (Å²) < 4.78 is 11.3. The molecule has 0 aliphatic heterocycles. The Morgan fingerprint density at radius 1 is 1.36 bits per heavy atom. The van der Waals surface area contributed by atoms with Crippen molar-refractivity contribution in [1.29, 1.82) is 0 Å². The molecular weight excluding hydrogens is 318 g/mol. The molecule has 2 rings (SSSR count). The van der Waals surface area contributed by atoms with E-state index in [4.69, 9.17) is 0 Å². The number of thiazole rings is 1. The van der Waals surface area contributed by atoms with Gasteiger partial charge in [-0.3, -0.25) is 4.21 Å². The predicted octanol–water partition coefficient (Wildman–Crippen LogP) is 2.53. The number of aromatic nitrogens is 1. The van der Waals surface area contributed by atoms with Gasteiger partial charge < -0.3 is 10.2 Å². The Bertz CT molecular complexity index is 668. The van der Waals surface area contributed by atoms with Crippen molar-refractivity contribution in [3.63, 3.8) is 0 Å². The van der Waals surface area contributed by atoms with Gasteiger partial charge in [-0.1, -0.05) is 12.1 Å². The van der Waals surface area contributed by atoms with Crippen LogP contribution in [0.15, 0.2) is 35.4 Å². The quantitative estimate of drug-likeness (QED) is 0.912. The fraction of sp³-hybridized carbons (Fsp3) is 0.333. The minimum absolute atomic E-state index is 0.130. The van der Waals surface area contributed by atoms with Gasteiger partial charge in [-0.15, -0.1) is 11.3 Å². The third-order valence-corrected chi connectivity index (χ3v) is 4.95. The predicted molar refractivity (Wildman–Crippen MR) is 89.3 cm³/mol. The first kappa shape index (κ1) is 16.6. The second-order valence-corrected chi connectivity index (χ2v) is 7.66. The number of rotatable bonds is 5. The van der Waals surface area contributed by atoms with Crippen molar-refractivity contribution in [1.82, 2.24) is 15.2 Å². The fourth-order valence-corrected chi connectivity index (χ4v) is 3.17.